The van der Waals surface area contributed by atoms with Crippen LogP contribution in [0.25, 0.3) is 11.1 Å². The molecule has 1 fully saturated rings. The molecule has 3 rings (SSSR count). The topological polar surface area (TPSA) is 51.7 Å². The van der Waals surface area contributed by atoms with Crippen LogP contribution in [0.4, 0.5) is 10.6 Å². The van der Waals surface area contributed by atoms with Crippen molar-refractivity contribution in [2.75, 3.05) is 25.2 Å². The third-order valence-electron chi connectivity index (χ3n) is 3.36. The smallest absolute Gasteiger partial charge is 0.416 e. The van der Waals surface area contributed by atoms with Crippen LogP contribution in [-0.4, -0.2) is 37.4 Å². The molecule has 0 aliphatic carbocycles. The number of carbonyl (C=O) groups is 1. The van der Waals surface area contributed by atoms with Crippen LogP contribution in [0.5, 0.6) is 0 Å². The molecular weight excluding hydrogens is 268 g/mol. The van der Waals surface area contributed by atoms with Gasteiger partial charge in [0.1, 0.15) is 11.9 Å². The van der Waals surface area contributed by atoms with E-state index in [1.54, 1.807) is 13.3 Å². The Balaban J connectivity index is 1.77. The summed E-state index contributed by atoms with van der Waals surface area (Å²) in [5.74, 6) is 0.596. The van der Waals surface area contributed by atoms with E-state index in [2.05, 4.69) is 4.98 Å². The number of pyridine rings is 1. The van der Waals surface area contributed by atoms with Gasteiger partial charge in [-0.1, -0.05) is 30.3 Å². The van der Waals surface area contributed by atoms with Crippen LogP contribution in [-0.2, 0) is 9.47 Å². The van der Waals surface area contributed by atoms with E-state index in [9.17, 15) is 4.79 Å². The third-order valence-corrected chi connectivity index (χ3v) is 3.36. The highest BCUT2D eigenvalue weighted by molar-refractivity contribution is 5.88. The lowest BCUT2D eigenvalue weighted by atomic mass is 10.1. The van der Waals surface area contributed by atoms with E-state index < -0.39 is 0 Å². The van der Waals surface area contributed by atoms with E-state index in [0.29, 0.717) is 19.0 Å². The number of hydrogen-bond acceptors (Lipinski definition) is 4. The molecule has 2 aromatic rings. The Morgan fingerprint density at radius 2 is 2.05 bits per heavy atom. The van der Waals surface area contributed by atoms with Crippen molar-refractivity contribution in [1.29, 1.82) is 0 Å². The minimum atomic E-state index is -0.378. The van der Waals surface area contributed by atoms with E-state index in [0.717, 1.165) is 11.1 Å². The Bertz CT molecular complexity index is 613. The van der Waals surface area contributed by atoms with Gasteiger partial charge in [-0.2, -0.15) is 0 Å². The van der Waals surface area contributed by atoms with Crippen LogP contribution in [0.3, 0.4) is 0 Å². The first-order valence-corrected chi connectivity index (χ1v) is 6.76. The number of nitrogens with zero attached hydrogens (tertiary/aromatic N) is 2. The Morgan fingerprint density at radius 3 is 2.71 bits per heavy atom. The van der Waals surface area contributed by atoms with Crippen molar-refractivity contribution in [3.63, 3.8) is 0 Å². The number of anilines is 1. The zero-order chi connectivity index (χ0) is 14.7. The molecule has 0 radical (unpaired) electrons. The van der Waals surface area contributed by atoms with Crippen molar-refractivity contribution in [3.8, 4) is 11.1 Å². The lowest BCUT2D eigenvalue weighted by Crippen LogP contribution is -2.26. The van der Waals surface area contributed by atoms with Gasteiger partial charge in [0.05, 0.1) is 13.2 Å². The number of amides is 1. The van der Waals surface area contributed by atoms with Crippen molar-refractivity contribution >= 4 is 11.9 Å². The van der Waals surface area contributed by atoms with Gasteiger partial charge in [0, 0.05) is 18.9 Å². The Morgan fingerprint density at radius 1 is 1.24 bits per heavy atom. The number of cyclic esters (lactones) is 1. The number of carbonyl (C=O) groups excluding carboxylic acids is 1. The van der Waals surface area contributed by atoms with Gasteiger partial charge in [-0.05, 0) is 17.7 Å². The summed E-state index contributed by atoms with van der Waals surface area (Å²) in [7, 11) is 1.59. The van der Waals surface area contributed by atoms with Crippen molar-refractivity contribution in [3.05, 3.63) is 48.7 Å². The molecule has 5 nitrogen and oxygen atoms in total. The Hall–Kier alpha value is -2.40. The minimum absolute atomic E-state index is 0.238. The summed E-state index contributed by atoms with van der Waals surface area (Å²) in [5.41, 5.74) is 2.11. The average molecular weight is 284 g/mol. The van der Waals surface area contributed by atoms with Crippen molar-refractivity contribution in [2.24, 2.45) is 0 Å². The van der Waals surface area contributed by atoms with E-state index in [-0.39, 0.29) is 12.2 Å². The second-order valence-electron chi connectivity index (χ2n) is 4.84. The number of benzene rings is 1. The molecule has 1 aliphatic rings. The summed E-state index contributed by atoms with van der Waals surface area (Å²) in [4.78, 5) is 17.7. The predicted octanol–water partition coefficient (Wildman–Crippen LogP) is 2.72. The SMILES string of the molecule is COC[C@@H]1CN(c2ccc(-c3ccccc3)cn2)C(=O)O1. The first-order valence-electron chi connectivity index (χ1n) is 6.76. The maximum Gasteiger partial charge on any atom is 0.416 e. The largest absolute Gasteiger partial charge is 0.441 e. The first-order chi connectivity index (χ1) is 10.3. The van der Waals surface area contributed by atoms with E-state index in [1.807, 2.05) is 42.5 Å². The summed E-state index contributed by atoms with van der Waals surface area (Å²) in [6, 6.07) is 13.8. The first kappa shape index (κ1) is 13.6. The van der Waals surface area contributed by atoms with Gasteiger partial charge in [-0.15, -0.1) is 0 Å². The van der Waals surface area contributed by atoms with E-state index in [4.69, 9.17) is 9.47 Å². The van der Waals surface area contributed by atoms with Gasteiger partial charge < -0.3 is 9.47 Å². The number of aromatic nitrogens is 1. The molecule has 1 aromatic carbocycles. The molecule has 108 valence electrons. The molecule has 2 heterocycles. The molecule has 1 atom stereocenters. The van der Waals surface area contributed by atoms with Gasteiger partial charge in [0.25, 0.3) is 0 Å². The van der Waals surface area contributed by atoms with Gasteiger partial charge >= 0.3 is 6.09 Å². The predicted molar refractivity (Wildman–Crippen MR) is 79.2 cm³/mol. The van der Waals surface area contributed by atoms with Crippen molar-refractivity contribution in [1.82, 2.24) is 4.98 Å². The second-order valence-corrected chi connectivity index (χ2v) is 4.84. The van der Waals surface area contributed by atoms with Crippen LogP contribution in [0.15, 0.2) is 48.7 Å². The molecule has 0 bridgehead atoms. The summed E-state index contributed by atoms with van der Waals surface area (Å²) >= 11 is 0. The fraction of sp³-hybridized carbons (Fsp3) is 0.250. The molecule has 0 N–H and O–H groups in total. The molecular formula is C16H16N2O3. The van der Waals surface area contributed by atoms with Crippen molar-refractivity contribution < 1.29 is 14.3 Å². The van der Waals surface area contributed by atoms with Gasteiger partial charge in [-0.3, -0.25) is 4.90 Å². The highest BCUT2D eigenvalue weighted by atomic mass is 16.6. The van der Waals surface area contributed by atoms with E-state index >= 15 is 0 Å². The molecule has 0 saturated carbocycles. The fourth-order valence-corrected chi connectivity index (χ4v) is 2.33. The van der Waals surface area contributed by atoms with Crippen LogP contribution < -0.4 is 4.90 Å². The normalized spacial score (nSPS) is 17.9. The van der Waals surface area contributed by atoms with Crippen LogP contribution in [0.1, 0.15) is 0 Å². The third kappa shape index (κ3) is 2.87. The maximum absolute atomic E-state index is 11.8. The lowest BCUT2D eigenvalue weighted by molar-refractivity contribution is 0.0718. The number of rotatable bonds is 4. The Labute approximate surface area is 123 Å². The van der Waals surface area contributed by atoms with Crippen LogP contribution >= 0.6 is 0 Å². The zero-order valence-corrected chi connectivity index (χ0v) is 11.7. The molecule has 1 amide bonds. The Kier molecular flexibility index (Phi) is 3.83. The van der Waals surface area contributed by atoms with E-state index in [1.165, 1.54) is 4.90 Å². The number of ether oxygens (including phenoxy) is 2. The van der Waals surface area contributed by atoms with Crippen LogP contribution in [0, 0.1) is 0 Å². The second kappa shape index (κ2) is 5.93. The lowest BCUT2D eigenvalue weighted by Gasteiger charge is -2.12. The van der Waals surface area contributed by atoms with Crippen LogP contribution in [0.2, 0.25) is 0 Å². The molecule has 1 aromatic heterocycles. The minimum Gasteiger partial charge on any atom is -0.441 e. The number of methoxy groups -OCH3 is 1. The molecule has 0 unspecified atom stereocenters. The summed E-state index contributed by atoms with van der Waals surface area (Å²) in [6.45, 7) is 0.856. The molecule has 21 heavy (non-hydrogen) atoms. The maximum atomic E-state index is 11.8. The standard InChI is InChI=1S/C16H16N2O3/c1-20-11-14-10-18(16(19)21-14)15-8-7-13(9-17-15)12-5-3-2-4-6-12/h2-9,14H,10-11H2,1H3/t14-/m0/s1. The molecule has 1 saturated heterocycles. The quantitative estimate of drug-likeness (QED) is 0.866. The zero-order valence-electron chi connectivity index (χ0n) is 11.7. The summed E-state index contributed by atoms with van der Waals surface area (Å²) < 4.78 is 10.2. The highest BCUT2D eigenvalue weighted by Crippen LogP contribution is 2.23. The highest BCUT2D eigenvalue weighted by Gasteiger charge is 2.32. The monoisotopic (exact) mass is 284 g/mol. The molecule has 1 aliphatic heterocycles. The molecule has 0 spiro atoms. The van der Waals surface area contributed by atoms with Gasteiger partial charge in [-0.25, -0.2) is 9.78 Å². The summed E-state index contributed by atoms with van der Waals surface area (Å²) in [5, 5.41) is 0. The van der Waals surface area contributed by atoms with Crippen molar-refractivity contribution in [2.45, 2.75) is 6.10 Å². The van der Waals surface area contributed by atoms with Gasteiger partial charge in [0.15, 0.2) is 0 Å². The molecule has 5 heteroatoms. The fourth-order valence-electron chi connectivity index (χ4n) is 2.33. The average Bonchev–Trinajstić information content (AvgIpc) is 2.89. The summed E-state index contributed by atoms with van der Waals surface area (Å²) in [6.07, 6.45) is 1.15. The van der Waals surface area contributed by atoms with Gasteiger partial charge in [0.2, 0.25) is 0 Å². The number of hydrogen-bond donors (Lipinski definition) is 0.